The number of anilines is 3. The van der Waals surface area contributed by atoms with Crippen LogP contribution in [-0.4, -0.2) is 22.2 Å². The van der Waals surface area contributed by atoms with E-state index < -0.39 is 0 Å². The molecule has 0 amide bonds. The molecule has 0 atom stereocenters. The zero-order valence-corrected chi connectivity index (χ0v) is 14.3. The Kier molecular flexibility index (Phi) is 4.35. The van der Waals surface area contributed by atoms with Gasteiger partial charge in [-0.2, -0.15) is 0 Å². The summed E-state index contributed by atoms with van der Waals surface area (Å²) in [4.78, 5) is 9.79. The third-order valence-electron chi connectivity index (χ3n) is 3.87. The maximum Gasteiger partial charge on any atom is 0.163 e. The first-order valence-corrected chi connectivity index (χ1v) is 8.83. The molecular weight excluding hydrogens is 330 g/mol. The van der Waals surface area contributed by atoms with Gasteiger partial charge in [-0.05, 0) is 29.8 Å². The van der Waals surface area contributed by atoms with Gasteiger partial charge in [-0.25, -0.2) is 9.97 Å². The number of nitrogens with one attached hydrogen (secondary N) is 3. The summed E-state index contributed by atoms with van der Waals surface area (Å²) in [6.07, 6.45) is 4.01. The van der Waals surface area contributed by atoms with E-state index in [1.165, 1.54) is 0 Å². The van der Waals surface area contributed by atoms with E-state index in [1.54, 1.807) is 24.2 Å². The first-order valence-electron chi connectivity index (χ1n) is 8.02. The van der Waals surface area contributed by atoms with Crippen molar-refractivity contribution in [3.8, 4) is 0 Å². The molecule has 2 aromatic carbocycles. The number of rotatable bonds is 5. The number of hydrogen-bond acceptors (Lipinski definition) is 6. The molecule has 5 nitrogen and oxygen atoms in total. The fourth-order valence-electron chi connectivity index (χ4n) is 2.66. The summed E-state index contributed by atoms with van der Waals surface area (Å²) >= 11 is 1.62. The molecule has 1 aromatic heterocycles. The molecule has 0 bridgehead atoms. The second kappa shape index (κ2) is 6.94. The van der Waals surface area contributed by atoms with Crippen LogP contribution < -0.4 is 10.6 Å². The molecule has 124 valence electrons. The fourth-order valence-corrected chi connectivity index (χ4v) is 3.54. The smallest absolute Gasteiger partial charge is 0.163 e. The van der Waals surface area contributed by atoms with Crippen molar-refractivity contribution in [3.63, 3.8) is 0 Å². The van der Waals surface area contributed by atoms with Gasteiger partial charge in [-0.1, -0.05) is 36.0 Å². The van der Waals surface area contributed by atoms with Crippen LogP contribution in [0.2, 0.25) is 0 Å². The van der Waals surface area contributed by atoms with Crippen LogP contribution in [0, 0.1) is 5.41 Å². The van der Waals surface area contributed by atoms with Crippen molar-refractivity contribution in [1.29, 1.82) is 5.41 Å². The first-order chi connectivity index (χ1) is 12.3. The van der Waals surface area contributed by atoms with Gasteiger partial charge >= 0.3 is 0 Å². The topological polar surface area (TPSA) is 73.7 Å². The minimum atomic E-state index is 0.539. The second-order valence-corrected chi connectivity index (χ2v) is 6.80. The van der Waals surface area contributed by atoms with Gasteiger partial charge in [-0.15, -0.1) is 0 Å². The zero-order valence-electron chi connectivity index (χ0n) is 13.5. The lowest BCUT2D eigenvalue weighted by Gasteiger charge is -2.19. The summed E-state index contributed by atoms with van der Waals surface area (Å²) in [5, 5.41) is 15.7. The van der Waals surface area contributed by atoms with E-state index in [0.717, 1.165) is 32.7 Å². The van der Waals surface area contributed by atoms with Crippen LogP contribution in [0.3, 0.4) is 0 Å². The number of benzene rings is 2. The predicted octanol–water partition coefficient (Wildman–Crippen LogP) is 4.36. The van der Waals surface area contributed by atoms with Gasteiger partial charge in [0.15, 0.2) is 5.82 Å². The van der Waals surface area contributed by atoms with Gasteiger partial charge in [0.25, 0.3) is 0 Å². The van der Waals surface area contributed by atoms with Crippen molar-refractivity contribution in [2.24, 2.45) is 0 Å². The summed E-state index contributed by atoms with van der Waals surface area (Å²) in [5.74, 6) is 0.790. The Bertz CT molecular complexity index is 911. The minimum Gasteiger partial charge on any atom is -0.380 e. The maximum atomic E-state index is 8.22. The second-order valence-electron chi connectivity index (χ2n) is 5.77. The maximum absolute atomic E-state index is 8.22. The van der Waals surface area contributed by atoms with Crippen LogP contribution in [0.25, 0.3) is 0 Å². The standard InChI is InChI=1S/C19H17N5S/c20-14(12-23-15-4-2-1-3-5-15)10-13-6-7-17-16(11-13)24-18-19(25-17)22-9-8-21-18/h1-9,11,20,23H,10,12H2,(H,21,24). The Balaban J connectivity index is 1.42. The highest BCUT2D eigenvalue weighted by Crippen LogP contribution is 2.42. The first kappa shape index (κ1) is 15.7. The highest BCUT2D eigenvalue weighted by Gasteiger charge is 2.17. The van der Waals surface area contributed by atoms with E-state index in [1.807, 2.05) is 30.3 Å². The van der Waals surface area contributed by atoms with Crippen LogP contribution in [0.15, 0.2) is 70.8 Å². The molecule has 3 aromatic rings. The van der Waals surface area contributed by atoms with Crippen molar-refractivity contribution in [1.82, 2.24) is 9.97 Å². The Morgan fingerprint density at radius 3 is 2.80 bits per heavy atom. The van der Waals surface area contributed by atoms with Crippen LogP contribution in [0.1, 0.15) is 5.56 Å². The van der Waals surface area contributed by atoms with E-state index in [0.29, 0.717) is 18.7 Å². The molecule has 0 spiro atoms. The quantitative estimate of drug-likeness (QED) is 0.468. The van der Waals surface area contributed by atoms with E-state index >= 15 is 0 Å². The Hall–Kier alpha value is -2.86. The van der Waals surface area contributed by atoms with Crippen LogP contribution in [0.4, 0.5) is 17.2 Å². The van der Waals surface area contributed by atoms with Crippen LogP contribution in [0.5, 0.6) is 0 Å². The van der Waals surface area contributed by atoms with Crippen LogP contribution >= 0.6 is 11.8 Å². The van der Waals surface area contributed by atoms with E-state index in [9.17, 15) is 0 Å². The summed E-state index contributed by atoms with van der Waals surface area (Å²) in [6, 6.07) is 16.2. The van der Waals surface area contributed by atoms with E-state index in [2.05, 4.69) is 38.8 Å². The summed E-state index contributed by atoms with van der Waals surface area (Å²) in [7, 11) is 0. The molecule has 1 aliphatic heterocycles. The molecule has 0 radical (unpaired) electrons. The van der Waals surface area contributed by atoms with E-state index in [-0.39, 0.29) is 0 Å². The van der Waals surface area contributed by atoms with Gasteiger partial charge in [0.2, 0.25) is 0 Å². The largest absolute Gasteiger partial charge is 0.380 e. The molecule has 2 heterocycles. The molecule has 0 unspecified atom stereocenters. The SMILES string of the molecule is N=C(CNc1ccccc1)Cc1ccc2c(c1)Nc1nccnc1S2. The van der Waals surface area contributed by atoms with Crippen molar-refractivity contribution >= 4 is 34.7 Å². The predicted molar refractivity (Wildman–Crippen MR) is 102 cm³/mol. The van der Waals surface area contributed by atoms with Gasteiger partial charge < -0.3 is 16.0 Å². The number of aromatic nitrogens is 2. The van der Waals surface area contributed by atoms with Crippen molar-refractivity contribution < 1.29 is 0 Å². The monoisotopic (exact) mass is 347 g/mol. The Morgan fingerprint density at radius 1 is 1.08 bits per heavy atom. The molecule has 25 heavy (non-hydrogen) atoms. The van der Waals surface area contributed by atoms with Crippen LogP contribution in [-0.2, 0) is 6.42 Å². The average Bonchev–Trinajstić information content (AvgIpc) is 2.65. The van der Waals surface area contributed by atoms with Crippen molar-refractivity contribution in [2.45, 2.75) is 16.3 Å². The third kappa shape index (κ3) is 3.64. The lowest BCUT2D eigenvalue weighted by molar-refractivity contribution is 1.04. The molecule has 0 saturated carbocycles. The number of para-hydroxylation sites is 1. The summed E-state index contributed by atoms with van der Waals surface area (Å²) in [6.45, 7) is 0.539. The number of nitrogens with zero attached hydrogens (tertiary/aromatic N) is 2. The normalized spacial score (nSPS) is 11.8. The summed E-state index contributed by atoms with van der Waals surface area (Å²) in [5.41, 5.74) is 3.82. The Labute approximate surface area is 150 Å². The van der Waals surface area contributed by atoms with Crippen molar-refractivity contribution in [2.75, 3.05) is 17.2 Å². The van der Waals surface area contributed by atoms with Gasteiger partial charge in [0.1, 0.15) is 5.03 Å². The van der Waals surface area contributed by atoms with Gasteiger partial charge in [0, 0.05) is 35.1 Å². The lowest BCUT2D eigenvalue weighted by atomic mass is 10.1. The molecule has 3 N–H and O–H groups in total. The van der Waals surface area contributed by atoms with Crippen molar-refractivity contribution in [3.05, 3.63) is 66.5 Å². The zero-order chi connectivity index (χ0) is 17.1. The number of hydrogen-bond donors (Lipinski definition) is 3. The third-order valence-corrected chi connectivity index (χ3v) is 4.93. The molecule has 1 aliphatic rings. The minimum absolute atomic E-state index is 0.539. The average molecular weight is 347 g/mol. The molecule has 4 rings (SSSR count). The van der Waals surface area contributed by atoms with Gasteiger partial charge in [-0.3, -0.25) is 0 Å². The highest BCUT2D eigenvalue weighted by atomic mass is 32.2. The fraction of sp³-hybridized carbons (Fsp3) is 0.105. The van der Waals surface area contributed by atoms with E-state index in [4.69, 9.17) is 5.41 Å². The highest BCUT2D eigenvalue weighted by molar-refractivity contribution is 7.99. The Morgan fingerprint density at radius 2 is 1.92 bits per heavy atom. The molecule has 0 aliphatic carbocycles. The molecular formula is C19H17N5S. The molecule has 0 fully saturated rings. The molecule has 0 saturated heterocycles. The number of fused-ring (bicyclic) bond motifs is 2. The van der Waals surface area contributed by atoms with Gasteiger partial charge in [0.05, 0.1) is 12.2 Å². The summed E-state index contributed by atoms with van der Waals surface area (Å²) < 4.78 is 0. The lowest BCUT2D eigenvalue weighted by Crippen LogP contribution is -2.15. The molecule has 6 heteroatoms.